The van der Waals surface area contributed by atoms with Gasteiger partial charge in [-0.25, -0.2) is 0 Å². The van der Waals surface area contributed by atoms with Crippen molar-refractivity contribution in [3.8, 4) is 6.01 Å². The molecule has 96 valence electrons. The Hall–Kier alpha value is -2.38. The van der Waals surface area contributed by atoms with Crippen LogP contribution in [0.3, 0.4) is 0 Å². The highest BCUT2D eigenvalue weighted by atomic mass is 16.5. The number of nitrogens with one attached hydrogen (secondary N) is 1. The lowest BCUT2D eigenvalue weighted by molar-refractivity contribution is 0.379. The molecule has 0 radical (unpaired) electrons. The summed E-state index contributed by atoms with van der Waals surface area (Å²) in [5, 5.41) is 7.15. The maximum Gasteiger partial charge on any atom is 0.322 e. The van der Waals surface area contributed by atoms with Gasteiger partial charge in [0.05, 0.1) is 13.3 Å². The zero-order valence-corrected chi connectivity index (χ0v) is 10.3. The standard InChI is InChI=1S/C10H15N7O/c1-17-6-7(5-13-17)3-4-12-9-14-8(11)15-10(16-9)18-2/h5-6H,3-4H2,1-2H3,(H3,11,12,14,15,16). The van der Waals surface area contributed by atoms with Gasteiger partial charge in [0, 0.05) is 19.8 Å². The summed E-state index contributed by atoms with van der Waals surface area (Å²) in [6.45, 7) is 0.679. The number of nitrogens with zero attached hydrogens (tertiary/aromatic N) is 5. The molecule has 8 heteroatoms. The van der Waals surface area contributed by atoms with Gasteiger partial charge in [-0.2, -0.15) is 20.1 Å². The Kier molecular flexibility index (Phi) is 3.56. The van der Waals surface area contributed by atoms with Gasteiger partial charge >= 0.3 is 6.01 Å². The van der Waals surface area contributed by atoms with Gasteiger partial charge in [0.1, 0.15) is 0 Å². The van der Waals surface area contributed by atoms with Gasteiger partial charge in [-0.3, -0.25) is 4.68 Å². The lowest BCUT2D eigenvalue weighted by Gasteiger charge is -2.05. The Morgan fingerprint density at radius 3 is 2.89 bits per heavy atom. The van der Waals surface area contributed by atoms with Crippen molar-refractivity contribution in [2.45, 2.75) is 6.42 Å². The number of nitrogen functional groups attached to an aromatic ring is 1. The highest BCUT2D eigenvalue weighted by molar-refractivity contribution is 5.32. The number of hydrogen-bond acceptors (Lipinski definition) is 7. The van der Waals surface area contributed by atoms with Crippen LogP contribution in [-0.4, -0.2) is 38.4 Å². The second-order valence-corrected chi connectivity index (χ2v) is 3.70. The predicted octanol–water partition coefficient (Wildman–Crippen LogP) is -0.150. The molecule has 0 saturated carbocycles. The third kappa shape index (κ3) is 3.06. The molecule has 0 spiro atoms. The number of aryl methyl sites for hydroxylation is 1. The minimum atomic E-state index is 0.130. The number of ether oxygens (including phenoxy) is 1. The molecule has 18 heavy (non-hydrogen) atoms. The molecule has 0 saturated heterocycles. The summed E-state index contributed by atoms with van der Waals surface area (Å²) in [5.41, 5.74) is 6.66. The Bertz CT molecular complexity index is 525. The van der Waals surface area contributed by atoms with Crippen LogP contribution in [0.25, 0.3) is 0 Å². The van der Waals surface area contributed by atoms with Crippen LogP contribution in [0, 0.1) is 0 Å². The zero-order chi connectivity index (χ0) is 13.0. The molecule has 0 aliphatic rings. The van der Waals surface area contributed by atoms with Gasteiger partial charge in [0.2, 0.25) is 11.9 Å². The number of rotatable bonds is 5. The van der Waals surface area contributed by atoms with Crippen LogP contribution in [0.5, 0.6) is 6.01 Å². The van der Waals surface area contributed by atoms with E-state index >= 15 is 0 Å². The van der Waals surface area contributed by atoms with Gasteiger partial charge in [-0.15, -0.1) is 0 Å². The normalized spacial score (nSPS) is 10.3. The van der Waals surface area contributed by atoms with Crippen molar-refractivity contribution in [1.29, 1.82) is 0 Å². The highest BCUT2D eigenvalue weighted by Gasteiger charge is 2.04. The molecule has 0 aromatic carbocycles. The first-order valence-electron chi connectivity index (χ1n) is 5.44. The number of aromatic nitrogens is 5. The van der Waals surface area contributed by atoms with Crippen LogP contribution in [0.1, 0.15) is 5.56 Å². The maximum absolute atomic E-state index is 5.53. The van der Waals surface area contributed by atoms with E-state index in [1.165, 1.54) is 7.11 Å². The Morgan fingerprint density at radius 2 is 2.22 bits per heavy atom. The molecule has 0 bridgehead atoms. The van der Waals surface area contributed by atoms with Crippen LogP contribution in [-0.2, 0) is 13.5 Å². The van der Waals surface area contributed by atoms with E-state index in [0.29, 0.717) is 12.5 Å². The van der Waals surface area contributed by atoms with Crippen molar-refractivity contribution in [3.63, 3.8) is 0 Å². The molecular formula is C10H15N7O. The largest absolute Gasteiger partial charge is 0.467 e. The molecule has 0 unspecified atom stereocenters. The monoisotopic (exact) mass is 249 g/mol. The first kappa shape index (κ1) is 12.1. The van der Waals surface area contributed by atoms with Crippen LogP contribution in [0.2, 0.25) is 0 Å². The average molecular weight is 249 g/mol. The summed E-state index contributed by atoms with van der Waals surface area (Å²) in [6.07, 6.45) is 4.61. The quantitative estimate of drug-likeness (QED) is 0.759. The summed E-state index contributed by atoms with van der Waals surface area (Å²) in [5.74, 6) is 0.536. The molecule has 2 heterocycles. The van der Waals surface area contributed by atoms with Gasteiger partial charge < -0.3 is 15.8 Å². The number of hydrogen-bond donors (Lipinski definition) is 2. The Labute approximate surface area is 104 Å². The first-order chi connectivity index (χ1) is 8.67. The molecule has 0 amide bonds. The van der Waals surface area contributed by atoms with Crippen molar-refractivity contribution in [1.82, 2.24) is 24.7 Å². The topological polar surface area (TPSA) is 104 Å². The third-order valence-electron chi connectivity index (χ3n) is 2.27. The fourth-order valence-corrected chi connectivity index (χ4v) is 1.46. The maximum atomic E-state index is 5.53. The molecular weight excluding hydrogens is 234 g/mol. The van der Waals surface area contributed by atoms with Crippen molar-refractivity contribution in [2.75, 3.05) is 24.7 Å². The van der Waals surface area contributed by atoms with Gasteiger partial charge in [-0.1, -0.05) is 0 Å². The fourth-order valence-electron chi connectivity index (χ4n) is 1.46. The van der Waals surface area contributed by atoms with E-state index in [0.717, 1.165) is 12.0 Å². The van der Waals surface area contributed by atoms with Crippen LogP contribution in [0.4, 0.5) is 11.9 Å². The fraction of sp³-hybridized carbons (Fsp3) is 0.400. The molecule has 0 aliphatic heterocycles. The van der Waals surface area contributed by atoms with E-state index in [2.05, 4.69) is 25.4 Å². The number of nitrogens with two attached hydrogens (primary N) is 1. The van der Waals surface area contributed by atoms with E-state index < -0.39 is 0 Å². The minimum absolute atomic E-state index is 0.130. The van der Waals surface area contributed by atoms with Crippen LogP contribution in [0.15, 0.2) is 12.4 Å². The van der Waals surface area contributed by atoms with E-state index in [1.54, 1.807) is 4.68 Å². The Balaban J connectivity index is 1.91. The van der Waals surface area contributed by atoms with Crippen molar-refractivity contribution < 1.29 is 4.74 Å². The van der Waals surface area contributed by atoms with Crippen molar-refractivity contribution in [2.24, 2.45) is 7.05 Å². The van der Waals surface area contributed by atoms with E-state index in [4.69, 9.17) is 10.5 Å². The second-order valence-electron chi connectivity index (χ2n) is 3.70. The molecule has 0 atom stereocenters. The smallest absolute Gasteiger partial charge is 0.322 e. The second kappa shape index (κ2) is 5.30. The van der Waals surface area contributed by atoms with Crippen LogP contribution >= 0.6 is 0 Å². The van der Waals surface area contributed by atoms with Crippen molar-refractivity contribution >= 4 is 11.9 Å². The lowest BCUT2D eigenvalue weighted by atomic mass is 10.2. The summed E-state index contributed by atoms with van der Waals surface area (Å²) < 4.78 is 6.67. The molecule has 2 aromatic rings. The molecule has 8 nitrogen and oxygen atoms in total. The first-order valence-corrected chi connectivity index (χ1v) is 5.44. The van der Waals surface area contributed by atoms with E-state index in [1.807, 2.05) is 19.4 Å². The van der Waals surface area contributed by atoms with Gasteiger partial charge in [0.25, 0.3) is 0 Å². The molecule has 2 aromatic heterocycles. The third-order valence-corrected chi connectivity index (χ3v) is 2.27. The minimum Gasteiger partial charge on any atom is -0.467 e. The van der Waals surface area contributed by atoms with Crippen molar-refractivity contribution in [3.05, 3.63) is 18.0 Å². The van der Waals surface area contributed by atoms with E-state index in [9.17, 15) is 0 Å². The molecule has 2 rings (SSSR count). The Morgan fingerprint density at radius 1 is 1.39 bits per heavy atom. The molecule has 0 fully saturated rings. The average Bonchev–Trinajstić information content (AvgIpc) is 2.74. The SMILES string of the molecule is COc1nc(N)nc(NCCc2cnn(C)c2)n1. The zero-order valence-electron chi connectivity index (χ0n) is 10.3. The highest BCUT2D eigenvalue weighted by Crippen LogP contribution is 2.08. The summed E-state index contributed by atoms with van der Waals surface area (Å²) >= 11 is 0. The predicted molar refractivity (Wildman–Crippen MR) is 66.2 cm³/mol. The number of methoxy groups -OCH3 is 1. The van der Waals surface area contributed by atoms with Gasteiger partial charge in [0.15, 0.2) is 0 Å². The molecule has 3 N–H and O–H groups in total. The summed E-state index contributed by atoms with van der Waals surface area (Å²) in [6, 6.07) is 0.200. The summed E-state index contributed by atoms with van der Waals surface area (Å²) in [4.78, 5) is 11.8. The summed E-state index contributed by atoms with van der Waals surface area (Å²) in [7, 11) is 3.36. The van der Waals surface area contributed by atoms with E-state index in [-0.39, 0.29) is 12.0 Å². The number of anilines is 2. The molecule has 0 aliphatic carbocycles. The van der Waals surface area contributed by atoms with Gasteiger partial charge in [-0.05, 0) is 12.0 Å². The lowest BCUT2D eigenvalue weighted by Crippen LogP contribution is -2.10. The van der Waals surface area contributed by atoms with Crippen LogP contribution < -0.4 is 15.8 Å².